The molecule has 3 atom stereocenters. The van der Waals surface area contributed by atoms with E-state index in [2.05, 4.69) is 19.2 Å². The Balaban J connectivity index is 2.26. The Morgan fingerprint density at radius 1 is 1.20 bits per heavy atom. The van der Waals surface area contributed by atoms with E-state index >= 15 is 0 Å². The van der Waals surface area contributed by atoms with E-state index < -0.39 is 12.6 Å². The summed E-state index contributed by atoms with van der Waals surface area (Å²) in [5.41, 5.74) is 0. The van der Waals surface area contributed by atoms with Crippen LogP contribution in [0.4, 0.5) is 13.2 Å². The first-order chi connectivity index (χ1) is 6.90. The Morgan fingerprint density at radius 2 is 1.87 bits per heavy atom. The summed E-state index contributed by atoms with van der Waals surface area (Å²) in [6, 6.07) is 0.274. The molecule has 0 aromatic heterocycles. The molecule has 0 spiro atoms. The van der Waals surface area contributed by atoms with Crippen molar-refractivity contribution in [3.05, 3.63) is 0 Å². The van der Waals surface area contributed by atoms with Crippen molar-refractivity contribution in [2.75, 3.05) is 6.54 Å². The fraction of sp³-hybridized carbons (Fsp3) is 1.00. The average Bonchev–Trinajstić information content (AvgIpc) is 2.10. The van der Waals surface area contributed by atoms with E-state index in [9.17, 15) is 13.2 Å². The van der Waals surface area contributed by atoms with E-state index in [1.54, 1.807) is 0 Å². The van der Waals surface area contributed by atoms with Gasteiger partial charge in [-0.2, -0.15) is 13.2 Å². The summed E-state index contributed by atoms with van der Waals surface area (Å²) in [6.45, 7) is 4.38. The fourth-order valence-corrected chi connectivity index (χ4v) is 2.27. The van der Waals surface area contributed by atoms with Crippen LogP contribution in [0.15, 0.2) is 0 Å². The molecule has 0 radical (unpaired) electrons. The maximum absolute atomic E-state index is 11.9. The first-order valence-corrected chi connectivity index (χ1v) is 5.70. The summed E-state index contributed by atoms with van der Waals surface area (Å²) in [6.07, 6.45) is -1.39. The molecule has 0 aromatic carbocycles. The Hall–Kier alpha value is -0.250. The molecule has 0 aliphatic heterocycles. The number of rotatable bonds is 3. The minimum absolute atomic E-state index is 0.0607. The molecule has 1 N–H and O–H groups in total. The van der Waals surface area contributed by atoms with Gasteiger partial charge in [-0.05, 0) is 18.3 Å². The fourth-order valence-electron chi connectivity index (χ4n) is 2.27. The zero-order chi connectivity index (χ0) is 11.5. The molecular formula is C11H20F3N. The molecule has 3 unspecified atom stereocenters. The third-order valence-electron chi connectivity index (χ3n) is 3.52. The van der Waals surface area contributed by atoms with E-state index in [1.165, 1.54) is 6.42 Å². The van der Waals surface area contributed by atoms with Gasteiger partial charge in [0.1, 0.15) is 0 Å². The van der Waals surface area contributed by atoms with Crippen LogP contribution in [0.3, 0.4) is 0 Å². The van der Waals surface area contributed by atoms with Crippen molar-refractivity contribution < 1.29 is 13.2 Å². The number of halogens is 3. The van der Waals surface area contributed by atoms with Crippen molar-refractivity contribution in [3.63, 3.8) is 0 Å². The Labute approximate surface area is 89.4 Å². The summed E-state index contributed by atoms with van der Waals surface area (Å²) in [7, 11) is 0. The molecule has 0 saturated heterocycles. The molecule has 1 saturated carbocycles. The van der Waals surface area contributed by atoms with Crippen LogP contribution in [0.25, 0.3) is 0 Å². The summed E-state index contributed by atoms with van der Waals surface area (Å²) in [5.74, 6) is 1.12. The Bertz CT molecular complexity index is 191. The van der Waals surface area contributed by atoms with E-state index in [-0.39, 0.29) is 12.6 Å². The quantitative estimate of drug-likeness (QED) is 0.773. The third-order valence-corrected chi connectivity index (χ3v) is 3.52. The summed E-state index contributed by atoms with van der Waals surface area (Å²) in [5, 5.41) is 3.04. The number of hydrogen-bond donors (Lipinski definition) is 1. The minimum atomic E-state index is -4.03. The lowest BCUT2D eigenvalue weighted by Crippen LogP contribution is -2.41. The van der Waals surface area contributed by atoms with Gasteiger partial charge in [-0.15, -0.1) is 0 Å². The van der Waals surface area contributed by atoms with Crippen molar-refractivity contribution in [2.45, 2.75) is 51.7 Å². The summed E-state index contributed by atoms with van der Waals surface area (Å²) < 4.78 is 35.8. The highest BCUT2D eigenvalue weighted by molar-refractivity contribution is 4.82. The van der Waals surface area contributed by atoms with Gasteiger partial charge in [0.2, 0.25) is 0 Å². The van der Waals surface area contributed by atoms with Crippen molar-refractivity contribution in [1.29, 1.82) is 0 Å². The molecule has 0 aromatic rings. The van der Waals surface area contributed by atoms with Gasteiger partial charge >= 0.3 is 6.18 Å². The Kier molecular flexibility index (Phi) is 4.44. The normalized spacial score (nSPS) is 33.0. The minimum Gasteiger partial charge on any atom is -0.313 e. The van der Waals surface area contributed by atoms with Gasteiger partial charge in [-0.3, -0.25) is 0 Å². The first kappa shape index (κ1) is 12.8. The molecule has 0 heterocycles. The second kappa shape index (κ2) is 5.19. The molecule has 15 heavy (non-hydrogen) atoms. The molecule has 1 fully saturated rings. The summed E-state index contributed by atoms with van der Waals surface area (Å²) >= 11 is 0. The van der Waals surface area contributed by atoms with Gasteiger partial charge < -0.3 is 5.32 Å². The molecule has 0 amide bonds. The third kappa shape index (κ3) is 4.41. The van der Waals surface area contributed by atoms with Crippen molar-refractivity contribution in [3.8, 4) is 0 Å². The predicted octanol–water partition coefficient (Wildman–Crippen LogP) is 3.35. The molecule has 1 aliphatic rings. The van der Waals surface area contributed by atoms with Crippen LogP contribution < -0.4 is 5.32 Å². The van der Waals surface area contributed by atoms with Crippen molar-refractivity contribution >= 4 is 0 Å². The van der Waals surface area contributed by atoms with Crippen molar-refractivity contribution in [2.24, 2.45) is 11.8 Å². The average molecular weight is 223 g/mol. The van der Waals surface area contributed by atoms with Gasteiger partial charge in [-0.1, -0.05) is 26.7 Å². The van der Waals surface area contributed by atoms with Crippen LogP contribution in [0.2, 0.25) is 0 Å². The molecule has 1 nitrogen and oxygen atoms in total. The van der Waals surface area contributed by atoms with Crippen LogP contribution in [0.5, 0.6) is 0 Å². The second-order valence-electron chi connectivity index (χ2n) is 4.69. The van der Waals surface area contributed by atoms with Gasteiger partial charge in [0.15, 0.2) is 0 Å². The largest absolute Gasteiger partial charge is 0.390 e. The van der Waals surface area contributed by atoms with Gasteiger partial charge in [-0.25, -0.2) is 0 Å². The lowest BCUT2D eigenvalue weighted by atomic mass is 9.78. The zero-order valence-corrected chi connectivity index (χ0v) is 9.40. The lowest BCUT2D eigenvalue weighted by Gasteiger charge is -2.34. The van der Waals surface area contributed by atoms with Crippen LogP contribution in [-0.4, -0.2) is 18.8 Å². The van der Waals surface area contributed by atoms with Crippen LogP contribution in [-0.2, 0) is 0 Å². The highest BCUT2D eigenvalue weighted by Crippen LogP contribution is 2.29. The number of hydrogen-bond acceptors (Lipinski definition) is 1. The molecular weight excluding hydrogens is 203 g/mol. The van der Waals surface area contributed by atoms with Crippen LogP contribution in [0, 0.1) is 11.8 Å². The van der Waals surface area contributed by atoms with Crippen LogP contribution >= 0.6 is 0 Å². The highest BCUT2D eigenvalue weighted by atomic mass is 19.4. The molecule has 0 bridgehead atoms. The maximum atomic E-state index is 11.9. The topological polar surface area (TPSA) is 12.0 Å². The van der Waals surface area contributed by atoms with Gasteiger partial charge in [0.05, 0.1) is 6.42 Å². The standard InChI is InChI=1S/C11H20F3N/c1-8-4-3-5-10(9(8)2)15-7-6-11(12,13)14/h8-10,15H,3-7H2,1-2H3. The number of nitrogens with one attached hydrogen (secondary N) is 1. The zero-order valence-electron chi connectivity index (χ0n) is 9.40. The molecule has 90 valence electrons. The SMILES string of the molecule is CC1CCCC(NCCC(F)(F)F)C1C. The monoisotopic (exact) mass is 223 g/mol. The number of alkyl halides is 3. The molecule has 1 rings (SSSR count). The highest BCUT2D eigenvalue weighted by Gasteiger charge is 2.29. The predicted molar refractivity (Wildman–Crippen MR) is 54.6 cm³/mol. The van der Waals surface area contributed by atoms with Crippen molar-refractivity contribution in [1.82, 2.24) is 5.32 Å². The maximum Gasteiger partial charge on any atom is 0.390 e. The molecule has 4 heteroatoms. The van der Waals surface area contributed by atoms with E-state index in [1.807, 2.05) is 0 Å². The molecule has 1 aliphatic carbocycles. The first-order valence-electron chi connectivity index (χ1n) is 5.70. The smallest absolute Gasteiger partial charge is 0.313 e. The van der Waals surface area contributed by atoms with E-state index in [4.69, 9.17) is 0 Å². The second-order valence-corrected chi connectivity index (χ2v) is 4.69. The van der Waals surface area contributed by atoms with Gasteiger partial charge in [0.25, 0.3) is 0 Å². The van der Waals surface area contributed by atoms with E-state index in [0.29, 0.717) is 11.8 Å². The van der Waals surface area contributed by atoms with E-state index in [0.717, 1.165) is 12.8 Å². The van der Waals surface area contributed by atoms with Crippen LogP contribution in [0.1, 0.15) is 39.5 Å². The van der Waals surface area contributed by atoms with Gasteiger partial charge in [0, 0.05) is 12.6 Å². The lowest BCUT2D eigenvalue weighted by molar-refractivity contribution is -0.133. The Morgan fingerprint density at radius 3 is 2.47 bits per heavy atom. The summed E-state index contributed by atoms with van der Waals surface area (Å²) in [4.78, 5) is 0.